The Labute approximate surface area is 187 Å². The third-order valence-corrected chi connectivity index (χ3v) is 5.29. The van der Waals surface area contributed by atoms with Crippen molar-refractivity contribution >= 4 is 17.4 Å². The molecule has 0 fully saturated rings. The monoisotopic (exact) mass is 438 g/mol. The van der Waals surface area contributed by atoms with Crippen LogP contribution in [0.1, 0.15) is 5.56 Å². The number of H-pyrrole nitrogens is 1. The Kier molecular flexibility index (Phi) is 4.29. The lowest BCUT2D eigenvalue weighted by Crippen LogP contribution is -2.04. The maximum absolute atomic E-state index is 5.52. The molecule has 0 spiro atoms. The van der Waals surface area contributed by atoms with E-state index in [2.05, 4.69) is 20.4 Å². The molecule has 0 atom stereocenters. The average molecular weight is 438 g/mol. The fraction of sp³-hybridized carbons (Fsp3) is 0.0870. The second-order valence-electron chi connectivity index (χ2n) is 7.28. The van der Waals surface area contributed by atoms with Crippen molar-refractivity contribution in [3.8, 4) is 34.5 Å². The highest BCUT2D eigenvalue weighted by atomic mass is 16.5. The molecule has 10 nitrogen and oxygen atoms in total. The van der Waals surface area contributed by atoms with Crippen LogP contribution < -0.4 is 14.7 Å². The maximum atomic E-state index is 5.52. The molecule has 4 aromatic heterocycles. The number of methoxy groups -OCH3 is 2. The van der Waals surface area contributed by atoms with E-state index in [1.54, 1.807) is 18.8 Å². The lowest BCUT2D eigenvalue weighted by molar-refractivity contribution is 0.389. The van der Waals surface area contributed by atoms with Crippen LogP contribution in [0.15, 0.2) is 60.7 Å². The van der Waals surface area contributed by atoms with Crippen molar-refractivity contribution in [3.63, 3.8) is 0 Å². The Balaban J connectivity index is 1.56. The van der Waals surface area contributed by atoms with Crippen LogP contribution in [0.25, 0.3) is 40.1 Å². The minimum Gasteiger partial charge on any atom is -0.479 e. The molecule has 0 saturated carbocycles. The Hall–Kier alpha value is -4.73. The van der Waals surface area contributed by atoms with Crippen molar-refractivity contribution in [2.75, 3.05) is 14.2 Å². The zero-order valence-electron chi connectivity index (χ0n) is 17.8. The normalized spacial score (nSPS) is 12.1. The van der Waals surface area contributed by atoms with Gasteiger partial charge in [-0.3, -0.25) is 5.10 Å². The van der Waals surface area contributed by atoms with Crippen molar-refractivity contribution in [3.05, 3.63) is 71.4 Å². The lowest BCUT2D eigenvalue weighted by atomic mass is 10.2. The van der Waals surface area contributed by atoms with Crippen LogP contribution in [-0.2, 0) is 0 Å². The molecule has 0 amide bonds. The van der Waals surface area contributed by atoms with Crippen molar-refractivity contribution < 1.29 is 9.47 Å². The zero-order valence-corrected chi connectivity index (χ0v) is 17.8. The summed E-state index contributed by atoms with van der Waals surface area (Å²) in [6, 6.07) is 19.6. The fourth-order valence-electron chi connectivity index (χ4n) is 3.73. The summed E-state index contributed by atoms with van der Waals surface area (Å²) in [5.41, 5.74) is 3.69. The quantitative estimate of drug-likeness (QED) is 0.440. The van der Waals surface area contributed by atoms with E-state index in [9.17, 15) is 0 Å². The fourth-order valence-corrected chi connectivity index (χ4v) is 3.73. The number of benzene rings is 2. The van der Waals surface area contributed by atoms with Gasteiger partial charge in [-0.05, 0) is 6.08 Å². The number of rotatable bonds is 5. The summed E-state index contributed by atoms with van der Waals surface area (Å²) in [7, 11) is 3.13. The second kappa shape index (κ2) is 7.45. The summed E-state index contributed by atoms with van der Waals surface area (Å²) in [6.07, 6.45) is 1.86. The largest absolute Gasteiger partial charge is 0.479 e. The van der Waals surface area contributed by atoms with E-state index in [1.165, 1.54) is 4.63 Å². The van der Waals surface area contributed by atoms with E-state index in [4.69, 9.17) is 19.4 Å². The molecule has 6 rings (SSSR count). The van der Waals surface area contributed by atoms with Crippen molar-refractivity contribution in [1.29, 1.82) is 0 Å². The number of ether oxygens (including phenoxy) is 2. The predicted octanol–water partition coefficient (Wildman–Crippen LogP) is 2.39. The molecule has 0 saturated heterocycles. The molecule has 162 valence electrons. The van der Waals surface area contributed by atoms with E-state index in [0.29, 0.717) is 45.5 Å². The Bertz CT molecular complexity index is 1630. The van der Waals surface area contributed by atoms with Gasteiger partial charge in [0, 0.05) is 11.1 Å². The molecule has 1 N–H and O–H groups in total. The molecule has 0 aliphatic rings. The number of nitrogens with zero attached hydrogens (tertiary/aromatic N) is 7. The summed E-state index contributed by atoms with van der Waals surface area (Å²) in [5, 5.41) is 17.3. The Morgan fingerprint density at radius 3 is 2.15 bits per heavy atom. The van der Waals surface area contributed by atoms with E-state index >= 15 is 0 Å². The molecule has 0 bridgehead atoms. The highest BCUT2D eigenvalue weighted by Gasteiger charge is 2.20. The second-order valence-corrected chi connectivity index (χ2v) is 7.28. The van der Waals surface area contributed by atoms with Crippen molar-refractivity contribution in [2.24, 2.45) is 0 Å². The van der Waals surface area contributed by atoms with Gasteiger partial charge in [-0.2, -0.15) is 0 Å². The smallest absolute Gasteiger partial charge is 0.244 e. The highest BCUT2D eigenvalue weighted by molar-refractivity contribution is 5.75. The first kappa shape index (κ1) is 19.0. The van der Waals surface area contributed by atoms with Crippen molar-refractivity contribution in [2.45, 2.75) is 0 Å². The van der Waals surface area contributed by atoms with Crippen LogP contribution in [0.5, 0.6) is 11.8 Å². The maximum Gasteiger partial charge on any atom is 0.244 e. The first-order chi connectivity index (χ1) is 16.2. The van der Waals surface area contributed by atoms with Crippen molar-refractivity contribution in [1.82, 2.24) is 39.6 Å². The number of nitrogens with one attached hydrogen (secondary N) is 1. The molecule has 10 heteroatoms. The van der Waals surface area contributed by atoms with Gasteiger partial charge in [0.05, 0.1) is 25.0 Å². The van der Waals surface area contributed by atoms with Gasteiger partial charge in [0.15, 0.2) is 22.9 Å². The zero-order chi connectivity index (χ0) is 22.4. The molecule has 33 heavy (non-hydrogen) atoms. The number of hydrogen-bond acceptors (Lipinski definition) is 7. The summed E-state index contributed by atoms with van der Waals surface area (Å²) < 4.78 is 14.1. The first-order valence-corrected chi connectivity index (χ1v) is 10.2. The minimum absolute atomic E-state index is 0.393. The van der Waals surface area contributed by atoms with Crippen LogP contribution >= 0.6 is 0 Å². The molecule has 0 unspecified atom stereocenters. The minimum atomic E-state index is 0.393. The van der Waals surface area contributed by atoms with Crippen LogP contribution in [0.2, 0.25) is 0 Å². The lowest BCUT2D eigenvalue weighted by Gasteiger charge is -1.97. The molecule has 0 aliphatic heterocycles. The van der Waals surface area contributed by atoms with Gasteiger partial charge in [0.2, 0.25) is 11.8 Å². The number of fused-ring (bicyclic) bond motifs is 2. The average Bonchev–Trinajstić information content (AvgIpc) is 3.60. The highest BCUT2D eigenvalue weighted by Crippen LogP contribution is 2.25. The molecule has 2 aromatic carbocycles. The van der Waals surface area contributed by atoms with Crippen LogP contribution in [0, 0.1) is 0 Å². The predicted molar refractivity (Wildman–Crippen MR) is 121 cm³/mol. The molecule has 0 aliphatic carbocycles. The molecule has 0 radical (unpaired) electrons. The summed E-state index contributed by atoms with van der Waals surface area (Å²) >= 11 is 0. The van der Waals surface area contributed by atoms with E-state index in [1.807, 2.05) is 66.7 Å². The number of aromatic nitrogens is 8. The molecule has 6 aromatic rings. The summed E-state index contributed by atoms with van der Waals surface area (Å²) in [5.74, 6) is 2.08. The molecular formula is C23H18N8O2. The standard InChI is InChI=1S/C23H18N8O2/c1-32-22-16(20-24-18(26-30(20)28-22)14-9-5-3-6-10-14)13-17-21-25-19(15-11-7-4-8-12-15)27-31(21)29-23(17)33-2/h3-13H,1-2H3,(H,24,26). The van der Waals surface area contributed by atoms with Gasteiger partial charge in [-0.1, -0.05) is 60.7 Å². The molecular weight excluding hydrogens is 420 g/mol. The van der Waals surface area contributed by atoms with Gasteiger partial charge in [0.25, 0.3) is 0 Å². The van der Waals surface area contributed by atoms with Gasteiger partial charge >= 0.3 is 0 Å². The first-order valence-electron chi connectivity index (χ1n) is 10.2. The summed E-state index contributed by atoms with van der Waals surface area (Å²) in [6.45, 7) is 0. The Morgan fingerprint density at radius 2 is 1.45 bits per heavy atom. The third-order valence-electron chi connectivity index (χ3n) is 5.29. The molecule has 4 heterocycles. The third kappa shape index (κ3) is 3.07. The van der Waals surface area contributed by atoms with E-state index in [0.717, 1.165) is 11.1 Å². The van der Waals surface area contributed by atoms with Gasteiger partial charge in [-0.15, -0.1) is 24.6 Å². The SMILES string of the molecule is COc1nn2[nH]c(-c3ccccc3)nc2c1C=c1c(OC)nn2nc(-c3ccccc3)nc12. The van der Waals surface area contributed by atoms with Crippen LogP contribution in [0.3, 0.4) is 0 Å². The van der Waals surface area contributed by atoms with Crippen LogP contribution in [0.4, 0.5) is 0 Å². The van der Waals surface area contributed by atoms with E-state index in [-0.39, 0.29) is 0 Å². The number of aromatic amines is 1. The topological polar surface area (TPSA) is 108 Å². The van der Waals surface area contributed by atoms with Gasteiger partial charge in [-0.25, -0.2) is 9.97 Å². The van der Waals surface area contributed by atoms with Crippen LogP contribution in [-0.4, -0.2) is 53.8 Å². The Morgan fingerprint density at radius 1 is 0.758 bits per heavy atom. The summed E-state index contributed by atoms with van der Waals surface area (Å²) in [4.78, 5) is 9.45. The van der Waals surface area contributed by atoms with E-state index < -0.39 is 0 Å². The van der Waals surface area contributed by atoms with Gasteiger partial charge < -0.3 is 9.47 Å². The number of hydrogen-bond donors (Lipinski definition) is 1. The van der Waals surface area contributed by atoms with Gasteiger partial charge in [0.1, 0.15) is 0 Å².